The summed E-state index contributed by atoms with van der Waals surface area (Å²) in [5.74, 6) is 0.340. The molecule has 1 saturated heterocycles. The molecule has 24 heavy (non-hydrogen) atoms. The lowest BCUT2D eigenvalue weighted by atomic mass is 9.93. The molecule has 128 valence electrons. The largest absolute Gasteiger partial charge is 0.378 e. The molecule has 2 aromatic rings. The number of hydrogen-bond acceptors (Lipinski definition) is 6. The lowest BCUT2D eigenvalue weighted by Crippen LogP contribution is -2.36. The second kappa shape index (κ2) is 6.60. The number of benzene rings is 1. The molecule has 0 aliphatic carbocycles. The molecule has 0 bridgehead atoms. The number of anilines is 3. The van der Waals surface area contributed by atoms with Crippen LogP contribution in [0.3, 0.4) is 0 Å². The molecule has 0 atom stereocenters. The van der Waals surface area contributed by atoms with E-state index in [-0.39, 0.29) is 11.0 Å². The molecule has 0 spiro atoms. The number of rotatable bonds is 3. The topological polar surface area (TPSA) is 83.1 Å². The average Bonchev–Trinajstić information content (AvgIpc) is 2.55. The number of aromatic amines is 1. The van der Waals surface area contributed by atoms with Gasteiger partial charge in [-0.2, -0.15) is 0 Å². The predicted molar refractivity (Wildman–Crippen MR) is 94.1 cm³/mol. The van der Waals surface area contributed by atoms with Gasteiger partial charge in [-0.25, -0.2) is 0 Å². The average molecular weight is 329 g/mol. The first-order valence-electron chi connectivity index (χ1n) is 8.11. The smallest absolute Gasteiger partial charge is 0.274 e. The molecular formula is C17H23N5O2. The van der Waals surface area contributed by atoms with E-state index in [0.717, 1.165) is 37.7 Å². The van der Waals surface area contributed by atoms with Gasteiger partial charge in [0.15, 0.2) is 0 Å². The molecule has 1 aliphatic heterocycles. The van der Waals surface area contributed by atoms with Gasteiger partial charge in [-0.15, -0.1) is 10.2 Å². The first-order chi connectivity index (χ1) is 11.4. The molecule has 7 heteroatoms. The number of hydrogen-bond donors (Lipinski definition) is 2. The Morgan fingerprint density at radius 3 is 2.38 bits per heavy atom. The normalized spacial score (nSPS) is 15.4. The Hall–Kier alpha value is -2.41. The summed E-state index contributed by atoms with van der Waals surface area (Å²) in [4.78, 5) is 17.1. The number of nitrogens with zero attached hydrogens (tertiary/aromatic N) is 3. The summed E-state index contributed by atoms with van der Waals surface area (Å²) < 4.78 is 5.37. The van der Waals surface area contributed by atoms with Crippen molar-refractivity contribution < 1.29 is 4.74 Å². The lowest BCUT2D eigenvalue weighted by molar-refractivity contribution is 0.122. The predicted octanol–water partition coefficient (Wildman–Crippen LogP) is 2.04. The van der Waals surface area contributed by atoms with Crippen molar-refractivity contribution in [3.63, 3.8) is 0 Å². The van der Waals surface area contributed by atoms with Crippen molar-refractivity contribution in [1.82, 2.24) is 15.2 Å². The molecule has 1 fully saturated rings. The van der Waals surface area contributed by atoms with Gasteiger partial charge in [-0.3, -0.25) is 9.78 Å². The molecule has 2 N–H and O–H groups in total. The minimum absolute atomic E-state index is 0.218. The Bertz CT molecular complexity index is 743. The second-order valence-corrected chi connectivity index (χ2v) is 6.87. The highest BCUT2D eigenvalue weighted by molar-refractivity contribution is 5.59. The highest BCUT2D eigenvalue weighted by Gasteiger charge is 2.20. The van der Waals surface area contributed by atoms with Crippen molar-refractivity contribution in [2.45, 2.75) is 26.2 Å². The number of morpholine rings is 1. The zero-order valence-electron chi connectivity index (χ0n) is 14.3. The minimum atomic E-state index is -0.334. The Morgan fingerprint density at radius 2 is 1.79 bits per heavy atom. The highest BCUT2D eigenvalue weighted by Crippen LogP contribution is 2.21. The van der Waals surface area contributed by atoms with Gasteiger partial charge in [-0.1, -0.05) is 20.8 Å². The van der Waals surface area contributed by atoms with Gasteiger partial charge in [0.25, 0.3) is 5.56 Å². The van der Waals surface area contributed by atoms with E-state index < -0.39 is 0 Å². The van der Waals surface area contributed by atoms with Gasteiger partial charge in [0.1, 0.15) is 5.69 Å². The molecule has 7 nitrogen and oxygen atoms in total. The van der Waals surface area contributed by atoms with Crippen molar-refractivity contribution in [3.05, 3.63) is 40.3 Å². The van der Waals surface area contributed by atoms with E-state index in [4.69, 9.17) is 4.74 Å². The Kier molecular flexibility index (Phi) is 4.53. The van der Waals surface area contributed by atoms with Gasteiger partial charge < -0.3 is 15.0 Å². The Morgan fingerprint density at radius 1 is 1.12 bits per heavy atom. The zero-order chi connectivity index (χ0) is 17.2. The van der Waals surface area contributed by atoms with Crippen molar-refractivity contribution >= 4 is 17.3 Å². The molecule has 2 heterocycles. The monoisotopic (exact) mass is 329 g/mol. The van der Waals surface area contributed by atoms with E-state index in [0.29, 0.717) is 11.6 Å². The molecule has 0 amide bonds. The summed E-state index contributed by atoms with van der Waals surface area (Å²) in [6.07, 6.45) is 0. The van der Waals surface area contributed by atoms with Crippen molar-refractivity contribution in [2.75, 3.05) is 36.5 Å². The third kappa shape index (κ3) is 3.73. The molecule has 0 radical (unpaired) electrons. The molecule has 1 aliphatic rings. The maximum atomic E-state index is 12.1. The summed E-state index contributed by atoms with van der Waals surface area (Å²) >= 11 is 0. The number of aromatic nitrogens is 3. The fourth-order valence-corrected chi connectivity index (χ4v) is 2.60. The number of ether oxygens (including phenoxy) is 1. The van der Waals surface area contributed by atoms with E-state index in [1.807, 2.05) is 45.0 Å². The van der Waals surface area contributed by atoms with E-state index in [1.54, 1.807) is 0 Å². The Balaban J connectivity index is 1.72. The van der Waals surface area contributed by atoms with Gasteiger partial charge in [-0.05, 0) is 24.3 Å². The maximum Gasteiger partial charge on any atom is 0.274 e. The van der Waals surface area contributed by atoms with E-state index in [2.05, 4.69) is 25.4 Å². The lowest BCUT2D eigenvalue weighted by Gasteiger charge is -2.28. The molecular weight excluding hydrogens is 306 g/mol. The van der Waals surface area contributed by atoms with Crippen molar-refractivity contribution in [1.29, 1.82) is 0 Å². The summed E-state index contributed by atoms with van der Waals surface area (Å²) in [6.45, 7) is 9.13. The van der Waals surface area contributed by atoms with Crippen LogP contribution in [0.5, 0.6) is 0 Å². The molecule has 3 rings (SSSR count). The van der Waals surface area contributed by atoms with Crippen LogP contribution in [0.15, 0.2) is 29.1 Å². The fourth-order valence-electron chi connectivity index (χ4n) is 2.60. The van der Waals surface area contributed by atoms with Gasteiger partial charge in [0, 0.05) is 29.9 Å². The molecule has 0 saturated carbocycles. The van der Waals surface area contributed by atoms with Crippen LogP contribution in [0, 0.1) is 0 Å². The van der Waals surface area contributed by atoms with Gasteiger partial charge in [0.05, 0.1) is 13.2 Å². The van der Waals surface area contributed by atoms with Crippen molar-refractivity contribution in [2.24, 2.45) is 0 Å². The third-order valence-electron chi connectivity index (χ3n) is 3.91. The van der Waals surface area contributed by atoms with Crippen LogP contribution in [0.4, 0.5) is 17.3 Å². The molecule has 1 aromatic heterocycles. The number of H-pyrrole nitrogens is 1. The van der Waals surface area contributed by atoms with E-state index in [1.165, 1.54) is 0 Å². The van der Waals surface area contributed by atoms with Crippen molar-refractivity contribution in [3.8, 4) is 0 Å². The Labute approximate surface area is 141 Å². The van der Waals surface area contributed by atoms with Crippen LogP contribution >= 0.6 is 0 Å². The maximum absolute atomic E-state index is 12.1. The van der Waals surface area contributed by atoms with Gasteiger partial charge in [0.2, 0.25) is 5.95 Å². The standard InChI is InChI=1S/C17H23N5O2/c1-17(2,3)14-15(23)19-16(21-20-14)18-12-4-6-13(7-5-12)22-8-10-24-11-9-22/h4-7H,8-11H2,1-3H3,(H2,18,19,21,23). The summed E-state index contributed by atoms with van der Waals surface area (Å²) in [6, 6.07) is 8.01. The van der Waals surface area contributed by atoms with Crippen LogP contribution in [0.1, 0.15) is 26.5 Å². The van der Waals surface area contributed by atoms with Crippen LogP contribution in [0.25, 0.3) is 0 Å². The minimum Gasteiger partial charge on any atom is -0.378 e. The zero-order valence-corrected chi connectivity index (χ0v) is 14.3. The summed E-state index contributed by atoms with van der Waals surface area (Å²) in [5.41, 5.74) is 1.88. The van der Waals surface area contributed by atoms with Crippen LogP contribution < -0.4 is 15.8 Å². The van der Waals surface area contributed by atoms with Crippen LogP contribution in [-0.4, -0.2) is 41.5 Å². The summed E-state index contributed by atoms with van der Waals surface area (Å²) in [5, 5.41) is 11.2. The quantitative estimate of drug-likeness (QED) is 0.897. The van der Waals surface area contributed by atoms with Crippen LogP contribution in [0.2, 0.25) is 0 Å². The third-order valence-corrected chi connectivity index (χ3v) is 3.91. The van der Waals surface area contributed by atoms with Gasteiger partial charge >= 0.3 is 0 Å². The summed E-state index contributed by atoms with van der Waals surface area (Å²) in [7, 11) is 0. The highest BCUT2D eigenvalue weighted by atomic mass is 16.5. The second-order valence-electron chi connectivity index (χ2n) is 6.87. The molecule has 1 aromatic carbocycles. The van der Waals surface area contributed by atoms with Crippen LogP contribution in [-0.2, 0) is 10.2 Å². The van der Waals surface area contributed by atoms with E-state index >= 15 is 0 Å². The van der Waals surface area contributed by atoms with E-state index in [9.17, 15) is 4.79 Å². The molecule has 0 unspecified atom stereocenters. The first kappa shape index (κ1) is 16.4. The number of nitrogens with one attached hydrogen (secondary N) is 2. The fraction of sp³-hybridized carbons (Fsp3) is 0.471. The SMILES string of the molecule is CC(C)(C)c1nnc(Nc2ccc(N3CCOCC3)cc2)[nH]c1=O. The first-order valence-corrected chi connectivity index (χ1v) is 8.11.